The Hall–Kier alpha value is -2.08. The van der Waals surface area contributed by atoms with Crippen molar-refractivity contribution in [1.82, 2.24) is 0 Å². The summed E-state index contributed by atoms with van der Waals surface area (Å²) < 4.78 is 15.2. The molecule has 1 amide bonds. The van der Waals surface area contributed by atoms with Crippen LogP contribution in [0.15, 0.2) is 24.3 Å². The number of hydrogen-bond donors (Lipinski definition) is 0. The van der Waals surface area contributed by atoms with Crippen LogP contribution in [-0.4, -0.2) is 45.4 Å². The van der Waals surface area contributed by atoms with Crippen molar-refractivity contribution in [2.45, 2.75) is 12.5 Å². The predicted octanol–water partition coefficient (Wildman–Crippen LogP) is 0.990. The summed E-state index contributed by atoms with van der Waals surface area (Å²) in [7, 11) is 2.86. The molecule has 6 heteroatoms. The summed E-state index contributed by atoms with van der Waals surface area (Å²) in [4.78, 5) is 25.3. The van der Waals surface area contributed by atoms with Crippen LogP contribution in [-0.2, 0) is 19.1 Å². The van der Waals surface area contributed by atoms with Crippen molar-refractivity contribution in [2.75, 3.05) is 32.3 Å². The monoisotopic (exact) mass is 279 g/mol. The van der Waals surface area contributed by atoms with Gasteiger partial charge in [0.1, 0.15) is 5.75 Å². The smallest absolute Gasteiger partial charge is 0.309 e. The van der Waals surface area contributed by atoms with Crippen LogP contribution in [0.4, 0.5) is 5.69 Å². The fourth-order valence-electron chi connectivity index (χ4n) is 2.05. The molecule has 0 unspecified atom stereocenters. The van der Waals surface area contributed by atoms with Crippen LogP contribution in [0, 0.1) is 0 Å². The summed E-state index contributed by atoms with van der Waals surface area (Å²) in [6, 6.07) is 7.22. The molecule has 108 valence electrons. The maximum absolute atomic E-state index is 12.4. The van der Waals surface area contributed by atoms with Gasteiger partial charge in [-0.15, -0.1) is 0 Å². The van der Waals surface area contributed by atoms with Crippen LogP contribution in [0.3, 0.4) is 0 Å². The second-order valence-corrected chi connectivity index (χ2v) is 4.34. The van der Waals surface area contributed by atoms with Gasteiger partial charge in [0.2, 0.25) is 0 Å². The minimum atomic E-state index is -0.853. The molecule has 1 aromatic rings. The Morgan fingerprint density at radius 3 is 2.80 bits per heavy atom. The van der Waals surface area contributed by atoms with Crippen molar-refractivity contribution in [3.63, 3.8) is 0 Å². The second kappa shape index (κ2) is 6.38. The number of carbonyl (C=O) groups excluding carboxylic acids is 2. The molecule has 0 aliphatic carbocycles. The van der Waals surface area contributed by atoms with E-state index < -0.39 is 12.1 Å². The van der Waals surface area contributed by atoms with Crippen LogP contribution >= 0.6 is 0 Å². The van der Waals surface area contributed by atoms with E-state index >= 15 is 0 Å². The van der Waals surface area contributed by atoms with Gasteiger partial charge in [0, 0.05) is 13.7 Å². The maximum Gasteiger partial charge on any atom is 0.309 e. The lowest BCUT2D eigenvalue weighted by Crippen LogP contribution is -2.48. The molecule has 0 radical (unpaired) electrons. The average molecular weight is 279 g/mol. The van der Waals surface area contributed by atoms with Crippen LogP contribution < -0.4 is 9.64 Å². The van der Waals surface area contributed by atoms with E-state index in [-0.39, 0.29) is 12.3 Å². The van der Waals surface area contributed by atoms with Crippen LogP contribution in [0.1, 0.15) is 6.42 Å². The molecule has 1 aliphatic heterocycles. The number of methoxy groups -OCH3 is 2. The van der Waals surface area contributed by atoms with E-state index in [1.807, 2.05) is 12.1 Å². The van der Waals surface area contributed by atoms with Crippen molar-refractivity contribution in [2.24, 2.45) is 0 Å². The highest BCUT2D eigenvalue weighted by Crippen LogP contribution is 2.34. The van der Waals surface area contributed by atoms with E-state index in [4.69, 9.17) is 9.47 Å². The van der Waals surface area contributed by atoms with Gasteiger partial charge >= 0.3 is 5.97 Å². The fourth-order valence-corrected chi connectivity index (χ4v) is 2.05. The Bertz CT molecular complexity index is 502. The quantitative estimate of drug-likeness (QED) is 0.752. The van der Waals surface area contributed by atoms with Gasteiger partial charge in [-0.25, -0.2) is 0 Å². The predicted molar refractivity (Wildman–Crippen MR) is 71.7 cm³/mol. The van der Waals surface area contributed by atoms with E-state index in [0.29, 0.717) is 24.6 Å². The number of esters is 1. The van der Waals surface area contributed by atoms with Crippen molar-refractivity contribution in [1.29, 1.82) is 0 Å². The van der Waals surface area contributed by atoms with Gasteiger partial charge in [0.05, 0.1) is 25.8 Å². The third kappa shape index (κ3) is 2.91. The second-order valence-electron chi connectivity index (χ2n) is 4.34. The van der Waals surface area contributed by atoms with E-state index in [1.54, 1.807) is 24.1 Å². The summed E-state index contributed by atoms with van der Waals surface area (Å²) in [5.41, 5.74) is 0.690. The lowest BCUT2D eigenvalue weighted by molar-refractivity contribution is -0.145. The lowest BCUT2D eigenvalue weighted by atomic mass is 10.1. The van der Waals surface area contributed by atoms with E-state index in [0.717, 1.165) is 0 Å². The molecule has 0 saturated heterocycles. The molecule has 20 heavy (non-hydrogen) atoms. The van der Waals surface area contributed by atoms with Crippen molar-refractivity contribution in [3.8, 4) is 5.75 Å². The van der Waals surface area contributed by atoms with Crippen molar-refractivity contribution < 1.29 is 23.8 Å². The van der Waals surface area contributed by atoms with Crippen molar-refractivity contribution in [3.05, 3.63) is 24.3 Å². The molecule has 0 fully saturated rings. The number of nitrogens with zero attached hydrogens (tertiary/aromatic N) is 1. The van der Waals surface area contributed by atoms with Crippen LogP contribution in [0.25, 0.3) is 0 Å². The number of rotatable bonds is 5. The first-order chi connectivity index (χ1) is 9.67. The summed E-state index contributed by atoms with van der Waals surface area (Å²) in [6.45, 7) is 0.818. The topological polar surface area (TPSA) is 65.1 Å². The molecule has 1 aromatic carbocycles. The van der Waals surface area contributed by atoms with Crippen molar-refractivity contribution >= 4 is 17.6 Å². The number of ether oxygens (including phenoxy) is 3. The third-order valence-electron chi connectivity index (χ3n) is 3.07. The molecular weight excluding hydrogens is 262 g/mol. The molecule has 0 bridgehead atoms. The summed E-state index contributed by atoms with van der Waals surface area (Å²) in [6.07, 6.45) is -0.957. The van der Waals surface area contributed by atoms with E-state index in [2.05, 4.69) is 4.74 Å². The zero-order valence-corrected chi connectivity index (χ0v) is 11.5. The number of benzene rings is 1. The molecule has 0 N–H and O–H groups in total. The largest absolute Gasteiger partial charge is 0.478 e. The summed E-state index contributed by atoms with van der Waals surface area (Å²) in [5.74, 6) is -0.155. The number of hydrogen-bond acceptors (Lipinski definition) is 5. The first-order valence-electron chi connectivity index (χ1n) is 6.30. The van der Waals surface area contributed by atoms with Crippen LogP contribution in [0.5, 0.6) is 5.75 Å². The molecule has 0 aromatic heterocycles. The van der Waals surface area contributed by atoms with Crippen LogP contribution in [0.2, 0.25) is 0 Å². The lowest BCUT2D eigenvalue weighted by Gasteiger charge is -2.33. The highest BCUT2D eigenvalue weighted by Gasteiger charge is 2.35. The standard InChI is InChI=1S/C14H17NO5/c1-18-8-7-15-10-5-3-4-6-11(10)20-12(14(15)17)9-13(16)19-2/h3-6,12H,7-9H2,1-2H3/t12-/m0/s1. The van der Waals surface area contributed by atoms with Gasteiger partial charge < -0.3 is 19.1 Å². The minimum Gasteiger partial charge on any atom is -0.478 e. The molecule has 1 atom stereocenters. The maximum atomic E-state index is 12.4. The first-order valence-corrected chi connectivity index (χ1v) is 6.30. The number of fused-ring (bicyclic) bond motifs is 1. The van der Waals surface area contributed by atoms with Gasteiger partial charge in [-0.2, -0.15) is 0 Å². The fraction of sp³-hybridized carbons (Fsp3) is 0.429. The Kier molecular flexibility index (Phi) is 4.57. The normalized spacial score (nSPS) is 17.4. The van der Waals surface area contributed by atoms with Gasteiger partial charge in [-0.05, 0) is 12.1 Å². The molecular formula is C14H17NO5. The molecule has 0 spiro atoms. The van der Waals surface area contributed by atoms with Gasteiger partial charge in [-0.1, -0.05) is 12.1 Å². The molecule has 1 heterocycles. The number of anilines is 1. The highest BCUT2D eigenvalue weighted by atomic mass is 16.5. The minimum absolute atomic E-state index is 0.104. The molecule has 1 aliphatic rings. The van der Waals surface area contributed by atoms with E-state index in [1.165, 1.54) is 7.11 Å². The van der Waals surface area contributed by atoms with E-state index in [9.17, 15) is 9.59 Å². The van der Waals surface area contributed by atoms with Gasteiger partial charge in [0.15, 0.2) is 6.10 Å². The van der Waals surface area contributed by atoms with Gasteiger partial charge in [-0.3, -0.25) is 9.59 Å². The number of para-hydroxylation sites is 2. The number of amides is 1. The highest BCUT2D eigenvalue weighted by molar-refractivity contribution is 6.01. The summed E-state index contributed by atoms with van der Waals surface area (Å²) in [5, 5.41) is 0. The Morgan fingerprint density at radius 2 is 2.10 bits per heavy atom. The summed E-state index contributed by atoms with van der Waals surface area (Å²) >= 11 is 0. The average Bonchev–Trinajstić information content (AvgIpc) is 2.47. The third-order valence-corrected chi connectivity index (χ3v) is 3.07. The number of carbonyl (C=O) groups is 2. The molecule has 6 nitrogen and oxygen atoms in total. The first kappa shape index (κ1) is 14.3. The Labute approximate surface area is 117 Å². The molecule has 0 saturated carbocycles. The SMILES string of the molecule is COCCN1C(=O)[C@H](CC(=O)OC)Oc2ccccc21. The Morgan fingerprint density at radius 1 is 1.35 bits per heavy atom. The van der Waals surface area contributed by atoms with Gasteiger partial charge in [0.25, 0.3) is 5.91 Å². The molecule has 2 rings (SSSR count). The Balaban J connectivity index is 2.25. The zero-order chi connectivity index (χ0) is 14.5. The zero-order valence-electron chi connectivity index (χ0n) is 11.5.